The van der Waals surface area contributed by atoms with Gasteiger partial charge in [0.25, 0.3) is 0 Å². The number of nitrogens with zero attached hydrogens (tertiary/aromatic N) is 2. The molecule has 0 amide bonds. The summed E-state index contributed by atoms with van der Waals surface area (Å²) in [7, 11) is 0. The molecule has 1 N–H and O–H groups in total. The van der Waals surface area contributed by atoms with E-state index < -0.39 is 0 Å². The van der Waals surface area contributed by atoms with Crippen molar-refractivity contribution in [2.24, 2.45) is 0 Å². The molecule has 0 bridgehead atoms. The zero-order chi connectivity index (χ0) is 17.3. The van der Waals surface area contributed by atoms with Crippen LogP contribution in [0.4, 0.5) is 0 Å². The Morgan fingerprint density at radius 1 is 1.17 bits per heavy atom. The van der Waals surface area contributed by atoms with E-state index in [2.05, 4.69) is 4.98 Å². The van der Waals surface area contributed by atoms with Crippen molar-refractivity contribution in [2.75, 3.05) is 0 Å². The first-order valence-electron chi connectivity index (χ1n) is 7.26. The van der Waals surface area contributed by atoms with Gasteiger partial charge in [-0.15, -0.1) is 0 Å². The van der Waals surface area contributed by atoms with Crippen molar-refractivity contribution in [2.45, 2.75) is 13.5 Å². The van der Waals surface area contributed by atoms with E-state index in [-0.39, 0.29) is 12.4 Å². The summed E-state index contributed by atoms with van der Waals surface area (Å²) in [5.41, 5.74) is 2.12. The SMILES string of the molecule is Cc1cn(-c2ccc(Cl)cc2C(=O)c2ccccc2Cl)c(CO)n1. The lowest BCUT2D eigenvalue weighted by atomic mass is 10.0. The lowest BCUT2D eigenvalue weighted by Crippen LogP contribution is -2.10. The van der Waals surface area contributed by atoms with Crippen molar-refractivity contribution in [1.82, 2.24) is 9.55 Å². The van der Waals surface area contributed by atoms with Gasteiger partial charge in [0.05, 0.1) is 16.4 Å². The summed E-state index contributed by atoms with van der Waals surface area (Å²) < 4.78 is 1.69. The lowest BCUT2D eigenvalue weighted by Gasteiger charge is -2.13. The van der Waals surface area contributed by atoms with E-state index in [0.29, 0.717) is 32.7 Å². The van der Waals surface area contributed by atoms with Gasteiger partial charge in [0, 0.05) is 22.3 Å². The molecule has 1 aromatic heterocycles. The van der Waals surface area contributed by atoms with Gasteiger partial charge in [-0.05, 0) is 37.3 Å². The number of aromatic nitrogens is 2. The smallest absolute Gasteiger partial charge is 0.196 e. The number of rotatable bonds is 4. The van der Waals surface area contributed by atoms with E-state index in [1.807, 2.05) is 6.92 Å². The molecule has 3 aromatic rings. The average Bonchev–Trinajstić information content (AvgIpc) is 2.95. The first kappa shape index (κ1) is 16.7. The Bertz CT molecular complexity index is 919. The predicted molar refractivity (Wildman–Crippen MR) is 94.1 cm³/mol. The van der Waals surface area contributed by atoms with Crippen molar-refractivity contribution >= 4 is 29.0 Å². The summed E-state index contributed by atoms with van der Waals surface area (Å²) in [6, 6.07) is 11.9. The highest BCUT2D eigenvalue weighted by atomic mass is 35.5. The fourth-order valence-corrected chi connectivity index (χ4v) is 2.95. The second kappa shape index (κ2) is 6.77. The summed E-state index contributed by atoms with van der Waals surface area (Å²) >= 11 is 12.3. The number of ketones is 1. The maximum Gasteiger partial charge on any atom is 0.196 e. The predicted octanol–water partition coefficient (Wildman–Crippen LogP) is 4.21. The second-order valence-electron chi connectivity index (χ2n) is 5.30. The number of aryl methyl sites for hydroxylation is 1. The van der Waals surface area contributed by atoms with E-state index in [0.717, 1.165) is 5.69 Å². The van der Waals surface area contributed by atoms with Crippen LogP contribution in [-0.2, 0) is 6.61 Å². The minimum Gasteiger partial charge on any atom is -0.388 e. The van der Waals surface area contributed by atoms with Gasteiger partial charge in [-0.2, -0.15) is 0 Å². The average molecular weight is 361 g/mol. The molecule has 6 heteroatoms. The largest absolute Gasteiger partial charge is 0.388 e. The quantitative estimate of drug-likeness (QED) is 0.709. The molecular formula is C18H14Cl2N2O2. The lowest BCUT2D eigenvalue weighted by molar-refractivity contribution is 0.103. The molecule has 0 aliphatic carbocycles. The third-order valence-electron chi connectivity index (χ3n) is 3.62. The molecule has 0 unspecified atom stereocenters. The molecule has 3 rings (SSSR count). The van der Waals surface area contributed by atoms with Gasteiger partial charge in [-0.1, -0.05) is 35.3 Å². The molecule has 0 aliphatic heterocycles. The number of hydrogen-bond donors (Lipinski definition) is 1. The summed E-state index contributed by atoms with van der Waals surface area (Å²) in [5.74, 6) is 0.205. The Labute approximate surface area is 149 Å². The van der Waals surface area contributed by atoms with Gasteiger partial charge in [-0.25, -0.2) is 4.98 Å². The van der Waals surface area contributed by atoms with Gasteiger partial charge in [-0.3, -0.25) is 4.79 Å². The molecular weight excluding hydrogens is 347 g/mol. The summed E-state index contributed by atoms with van der Waals surface area (Å²) in [6.45, 7) is 1.58. The highest BCUT2D eigenvalue weighted by molar-refractivity contribution is 6.35. The molecule has 122 valence electrons. The molecule has 0 saturated heterocycles. The van der Waals surface area contributed by atoms with Crippen LogP contribution >= 0.6 is 23.2 Å². The molecule has 1 heterocycles. The number of carbonyl (C=O) groups excluding carboxylic acids is 1. The fourth-order valence-electron chi connectivity index (χ4n) is 2.56. The van der Waals surface area contributed by atoms with Crippen LogP contribution in [-0.4, -0.2) is 20.4 Å². The van der Waals surface area contributed by atoms with Crippen LogP contribution in [0.5, 0.6) is 0 Å². The number of carbonyl (C=O) groups is 1. The van der Waals surface area contributed by atoms with Crippen LogP contribution in [0.2, 0.25) is 10.0 Å². The molecule has 0 aliphatic rings. The van der Waals surface area contributed by atoms with Crippen molar-refractivity contribution in [3.05, 3.63) is 81.4 Å². The van der Waals surface area contributed by atoms with E-state index in [1.54, 1.807) is 53.2 Å². The Morgan fingerprint density at radius 3 is 2.62 bits per heavy atom. The molecule has 0 radical (unpaired) electrons. The van der Waals surface area contributed by atoms with Crippen molar-refractivity contribution in [3.8, 4) is 5.69 Å². The molecule has 4 nitrogen and oxygen atoms in total. The first-order chi connectivity index (χ1) is 11.5. The van der Waals surface area contributed by atoms with Gasteiger partial charge in [0.2, 0.25) is 0 Å². The highest BCUT2D eigenvalue weighted by Gasteiger charge is 2.19. The summed E-state index contributed by atoms with van der Waals surface area (Å²) in [5, 5.41) is 10.3. The van der Waals surface area contributed by atoms with Crippen molar-refractivity contribution in [1.29, 1.82) is 0 Å². The van der Waals surface area contributed by atoms with Crippen LogP contribution in [0.3, 0.4) is 0 Å². The van der Waals surface area contributed by atoms with E-state index >= 15 is 0 Å². The van der Waals surface area contributed by atoms with Gasteiger partial charge in [0.15, 0.2) is 5.78 Å². The van der Waals surface area contributed by atoms with Crippen LogP contribution < -0.4 is 0 Å². The van der Waals surface area contributed by atoms with Gasteiger partial charge >= 0.3 is 0 Å². The van der Waals surface area contributed by atoms with Crippen LogP contribution in [0.15, 0.2) is 48.7 Å². The fraction of sp³-hybridized carbons (Fsp3) is 0.111. The standard InChI is InChI=1S/C18H14Cl2N2O2/c1-11-9-22(17(10-23)21-11)16-7-6-12(19)8-14(16)18(24)13-4-2-3-5-15(13)20/h2-9,23H,10H2,1H3. The molecule has 0 spiro atoms. The zero-order valence-corrected chi connectivity index (χ0v) is 14.3. The van der Waals surface area contributed by atoms with Gasteiger partial charge in [0.1, 0.15) is 12.4 Å². The number of aliphatic hydroxyl groups excluding tert-OH is 1. The van der Waals surface area contributed by atoms with Crippen LogP contribution in [0, 0.1) is 6.92 Å². The van der Waals surface area contributed by atoms with Crippen molar-refractivity contribution < 1.29 is 9.90 Å². The highest BCUT2D eigenvalue weighted by Crippen LogP contribution is 2.27. The summed E-state index contributed by atoms with van der Waals surface area (Å²) in [4.78, 5) is 17.2. The van der Waals surface area contributed by atoms with Crippen LogP contribution in [0.1, 0.15) is 27.4 Å². The molecule has 2 aromatic carbocycles. The topological polar surface area (TPSA) is 55.1 Å². The van der Waals surface area contributed by atoms with Gasteiger partial charge < -0.3 is 9.67 Å². The second-order valence-corrected chi connectivity index (χ2v) is 6.14. The zero-order valence-electron chi connectivity index (χ0n) is 12.8. The molecule has 0 saturated carbocycles. The number of aliphatic hydroxyl groups is 1. The monoisotopic (exact) mass is 360 g/mol. The summed E-state index contributed by atoms with van der Waals surface area (Å²) in [6.07, 6.45) is 1.76. The van der Waals surface area contributed by atoms with E-state index in [9.17, 15) is 9.90 Å². The number of benzene rings is 2. The molecule has 0 atom stereocenters. The maximum atomic E-state index is 13.0. The minimum atomic E-state index is -0.242. The Morgan fingerprint density at radius 2 is 1.92 bits per heavy atom. The van der Waals surface area contributed by atoms with E-state index in [1.165, 1.54) is 0 Å². The number of halogens is 2. The van der Waals surface area contributed by atoms with E-state index in [4.69, 9.17) is 23.2 Å². The first-order valence-corrected chi connectivity index (χ1v) is 8.01. The number of hydrogen-bond acceptors (Lipinski definition) is 3. The Balaban J connectivity index is 2.20. The molecule has 0 fully saturated rings. The maximum absolute atomic E-state index is 13.0. The van der Waals surface area contributed by atoms with Crippen molar-refractivity contribution in [3.63, 3.8) is 0 Å². The van der Waals surface area contributed by atoms with Crippen LogP contribution in [0.25, 0.3) is 5.69 Å². The Kier molecular flexibility index (Phi) is 4.71. The Hall–Kier alpha value is -2.14. The number of imidazole rings is 1. The third-order valence-corrected chi connectivity index (χ3v) is 4.19. The minimum absolute atomic E-state index is 0.240. The normalized spacial score (nSPS) is 10.8. The third kappa shape index (κ3) is 3.08. The molecule has 24 heavy (non-hydrogen) atoms.